The minimum Gasteiger partial charge on any atom is -0.495 e. The molecule has 0 saturated carbocycles. The fourth-order valence-corrected chi connectivity index (χ4v) is 3.71. The lowest BCUT2D eigenvalue weighted by molar-refractivity contribution is 0.413. The van der Waals surface area contributed by atoms with Crippen molar-refractivity contribution >= 4 is 22.6 Å². The van der Waals surface area contributed by atoms with Crippen molar-refractivity contribution in [3.05, 3.63) is 80.5 Å². The maximum absolute atomic E-state index is 12.6. The van der Waals surface area contributed by atoms with E-state index in [0.29, 0.717) is 28.6 Å². The number of H-pyrrole nitrogens is 1. The second-order valence-electron chi connectivity index (χ2n) is 6.93. The molecule has 0 fully saturated rings. The molecule has 0 aliphatic rings. The minimum atomic E-state index is -0.542. The van der Waals surface area contributed by atoms with E-state index >= 15 is 0 Å². The Morgan fingerprint density at radius 3 is 2.52 bits per heavy atom. The molecule has 0 amide bonds. The van der Waals surface area contributed by atoms with Crippen LogP contribution in [-0.2, 0) is 7.05 Å². The number of aromatic nitrogens is 5. The van der Waals surface area contributed by atoms with Crippen molar-refractivity contribution in [2.45, 2.75) is 0 Å². The van der Waals surface area contributed by atoms with Crippen molar-refractivity contribution in [2.24, 2.45) is 12.2 Å². The van der Waals surface area contributed by atoms with Crippen LogP contribution in [0.5, 0.6) is 5.75 Å². The van der Waals surface area contributed by atoms with Gasteiger partial charge in [0.1, 0.15) is 11.4 Å². The van der Waals surface area contributed by atoms with Gasteiger partial charge >= 0.3 is 5.69 Å². The minimum absolute atomic E-state index is 0.248. The molecule has 2 aromatic carbocycles. The molecule has 5 aromatic rings. The van der Waals surface area contributed by atoms with Crippen LogP contribution in [0.1, 0.15) is 0 Å². The number of fused-ring (bicyclic) bond motifs is 3. The number of nitrogens with one attached hydrogen (secondary N) is 1. The van der Waals surface area contributed by atoms with Crippen molar-refractivity contribution < 1.29 is 4.74 Å². The van der Waals surface area contributed by atoms with Crippen LogP contribution in [0.25, 0.3) is 33.9 Å². The summed E-state index contributed by atoms with van der Waals surface area (Å²) >= 11 is 0. The zero-order valence-corrected chi connectivity index (χ0v) is 16.6. The molecule has 1 N–H and O–H groups in total. The quantitative estimate of drug-likeness (QED) is 0.452. The van der Waals surface area contributed by atoms with Gasteiger partial charge in [-0.05, 0) is 29.4 Å². The number of aromatic amines is 1. The van der Waals surface area contributed by atoms with Crippen LogP contribution in [0.2, 0.25) is 0 Å². The fourth-order valence-electron chi connectivity index (χ4n) is 3.71. The van der Waals surface area contributed by atoms with Crippen molar-refractivity contribution in [3.63, 3.8) is 0 Å². The number of hydrogen-bond donors (Lipinski definition) is 1. The van der Waals surface area contributed by atoms with Crippen LogP contribution in [0.15, 0.2) is 69.5 Å². The highest BCUT2D eigenvalue weighted by molar-refractivity contribution is 5.80. The third-order valence-electron chi connectivity index (χ3n) is 5.22. The molecule has 0 radical (unpaired) electrons. The molecule has 5 rings (SSSR count). The first-order chi connectivity index (χ1) is 15.0. The topological polar surface area (TPSA) is 116 Å². The van der Waals surface area contributed by atoms with Crippen LogP contribution >= 0.6 is 0 Å². The number of imidazole rings is 2. The number of nitroso groups, excluding NO2 is 1. The second-order valence-corrected chi connectivity index (χ2v) is 6.93. The van der Waals surface area contributed by atoms with E-state index in [1.165, 1.54) is 4.57 Å². The van der Waals surface area contributed by atoms with Crippen LogP contribution < -0.4 is 16.0 Å². The Kier molecular flexibility index (Phi) is 4.07. The van der Waals surface area contributed by atoms with E-state index in [2.05, 4.69) is 15.1 Å². The summed E-state index contributed by atoms with van der Waals surface area (Å²) in [6, 6.07) is 14.1. The van der Waals surface area contributed by atoms with Gasteiger partial charge in [0.2, 0.25) is 5.78 Å². The molecule has 154 valence electrons. The second kappa shape index (κ2) is 6.80. The van der Waals surface area contributed by atoms with E-state index in [-0.39, 0.29) is 11.2 Å². The molecule has 10 nitrogen and oxygen atoms in total. The van der Waals surface area contributed by atoms with Gasteiger partial charge in [-0.15, -0.1) is 4.91 Å². The Morgan fingerprint density at radius 1 is 1.06 bits per heavy atom. The van der Waals surface area contributed by atoms with E-state index in [0.717, 1.165) is 5.56 Å². The molecule has 0 saturated heterocycles. The molecule has 0 unspecified atom stereocenters. The molecule has 0 spiro atoms. The van der Waals surface area contributed by atoms with Gasteiger partial charge in [-0.3, -0.25) is 23.3 Å². The van der Waals surface area contributed by atoms with Crippen molar-refractivity contribution in [3.8, 4) is 22.7 Å². The lowest BCUT2D eigenvalue weighted by Crippen LogP contribution is -2.28. The zero-order valence-electron chi connectivity index (χ0n) is 16.6. The number of hydrogen-bond acceptors (Lipinski definition) is 6. The lowest BCUT2D eigenvalue weighted by Gasteiger charge is -2.13. The van der Waals surface area contributed by atoms with Crippen LogP contribution in [0, 0.1) is 4.91 Å². The maximum Gasteiger partial charge on any atom is 0.329 e. The zero-order chi connectivity index (χ0) is 21.7. The summed E-state index contributed by atoms with van der Waals surface area (Å²) in [6.07, 6.45) is 1.76. The van der Waals surface area contributed by atoms with E-state index in [9.17, 15) is 14.5 Å². The molecule has 3 heterocycles. The van der Waals surface area contributed by atoms with Crippen LogP contribution in [-0.4, -0.2) is 30.6 Å². The summed E-state index contributed by atoms with van der Waals surface area (Å²) in [5.74, 6) is 1.03. The van der Waals surface area contributed by atoms with Gasteiger partial charge in [-0.25, -0.2) is 4.79 Å². The monoisotopic (exact) mass is 416 g/mol. The van der Waals surface area contributed by atoms with Crippen molar-refractivity contribution in [1.29, 1.82) is 0 Å². The molecule has 10 heteroatoms. The standard InChI is InChI=1S/C21H16N6O4/c1-25-18-17(19(28)23-21(25)29)26-11-15(12-7-9-13(24-30)10-8-12)27(20(26)22-18)14-5-3-4-6-16(14)31-2/h3-11H,1-2H3,(H,23,28,29). The SMILES string of the molecule is COc1ccccc1-n1c(-c2ccc(N=O)cc2)cn2c3c(=O)[nH]c(=O)n(C)c3nc12. The molecule has 0 atom stereocenters. The largest absolute Gasteiger partial charge is 0.495 e. The molecular formula is C21H16N6O4. The van der Waals surface area contributed by atoms with Crippen molar-refractivity contribution in [2.75, 3.05) is 7.11 Å². The summed E-state index contributed by atoms with van der Waals surface area (Å²) in [6.45, 7) is 0. The van der Waals surface area contributed by atoms with E-state index in [1.807, 2.05) is 28.8 Å². The number of para-hydroxylation sites is 2. The number of rotatable bonds is 4. The van der Waals surface area contributed by atoms with E-state index < -0.39 is 11.2 Å². The van der Waals surface area contributed by atoms with E-state index in [1.54, 1.807) is 49.0 Å². The number of nitrogens with zero attached hydrogens (tertiary/aromatic N) is 5. The summed E-state index contributed by atoms with van der Waals surface area (Å²) in [4.78, 5) is 42.4. The first-order valence-electron chi connectivity index (χ1n) is 9.33. The highest BCUT2D eigenvalue weighted by Gasteiger charge is 2.22. The molecular weight excluding hydrogens is 400 g/mol. The first-order valence-corrected chi connectivity index (χ1v) is 9.33. The van der Waals surface area contributed by atoms with Crippen LogP contribution in [0.3, 0.4) is 0 Å². The number of ether oxygens (including phenoxy) is 1. The summed E-state index contributed by atoms with van der Waals surface area (Å²) in [5, 5.41) is 2.94. The number of benzene rings is 2. The van der Waals surface area contributed by atoms with Gasteiger partial charge in [0, 0.05) is 18.8 Å². The highest BCUT2D eigenvalue weighted by Crippen LogP contribution is 2.33. The predicted molar refractivity (Wildman–Crippen MR) is 115 cm³/mol. The van der Waals surface area contributed by atoms with Gasteiger partial charge in [-0.2, -0.15) is 4.98 Å². The summed E-state index contributed by atoms with van der Waals surface area (Å²) in [7, 11) is 3.12. The fraction of sp³-hybridized carbons (Fsp3) is 0.0952. The molecule has 31 heavy (non-hydrogen) atoms. The van der Waals surface area contributed by atoms with Gasteiger partial charge in [-0.1, -0.05) is 24.3 Å². The number of aryl methyl sites for hydroxylation is 1. The van der Waals surface area contributed by atoms with Gasteiger partial charge in [0.25, 0.3) is 5.56 Å². The maximum atomic E-state index is 12.6. The third-order valence-corrected chi connectivity index (χ3v) is 5.22. The van der Waals surface area contributed by atoms with Gasteiger partial charge in [0.05, 0.1) is 18.5 Å². The van der Waals surface area contributed by atoms with E-state index in [4.69, 9.17) is 4.74 Å². The van der Waals surface area contributed by atoms with Crippen molar-refractivity contribution in [1.82, 2.24) is 23.5 Å². The average molecular weight is 416 g/mol. The Morgan fingerprint density at radius 2 is 1.81 bits per heavy atom. The summed E-state index contributed by atoms with van der Waals surface area (Å²) < 4.78 is 10.3. The Hall–Kier alpha value is -4.47. The van der Waals surface area contributed by atoms with Gasteiger partial charge < -0.3 is 4.74 Å². The number of methoxy groups -OCH3 is 1. The molecule has 3 aromatic heterocycles. The average Bonchev–Trinajstić information content (AvgIpc) is 3.34. The highest BCUT2D eigenvalue weighted by atomic mass is 16.5. The molecule has 0 bridgehead atoms. The lowest BCUT2D eigenvalue weighted by atomic mass is 10.1. The Labute approximate surface area is 173 Å². The summed E-state index contributed by atoms with van der Waals surface area (Å²) in [5.41, 5.74) is 1.93. The van der Waals surface area contributed by atoms with Gasteiger partial charge in [0.15, 0.2) is 11.2 Å². The Balaban J connectivity index is 1.94. The Bertz CT molecular complexity index is 1590. The molecule has 0 aliphatic carbocycles. The normalized spacial score (nSPS) is 11.3. The van der Waals surface area contributed by atoms with Crippen LogP contribution in [0.4, 0.5) is 5.69 Å². The molecule has 0 aliphatic heterocycles. The third kappa shape index (κ3) is 2.69. The predicted octanol–water partition coefficient (Wildman–Crippen LogP) is 2.74. The first kappa shape index (κ1) is 18.6. The smallest absolute Gasteiger partial charge is 0.329 e.